The summed E-state index contributed by atoms with van der Waals surface area (Å²) < 4.78 is 0. The highest BCUT2D eigenvalue weighted by molar-refractivity contribution is 6.39. The van der Waals surface area contributed by atoms with Crippen molar-refractivity contribution in [2.24, 2.45) is 0 Å². The van der Waals surface area contributed by atoms with E-state index in [1.54, 1.807) is 30.3 Å². The molecule has 0 radical (unpaired) electrons. The summed E-state index contributed by atoms with van der Waals surface area (Å²) in [5.74, 6) is -0.899. The van der Waals surface area contributed by atoms with Crippen LogP contribution in [0.3, 0.4) is 0 Å². The zero-order valence-corrected chi connectivity index (χ0v) is 13.1. The fraction of sp³-hybridized carbons (Fsp3) is 0.167. The van der Waals surface area contributed by atoms with Crippen molar-refractivity contribution in [1.82, 2.24) is 5.32 Å². The Kier molecular flexibility index (Phi) is 6.06. The number of carbonyl (C=O) groups is 3. The van der Waals surface area contributed by atoms with Gasteiger partial charge in [0.2, 0.25) is 0 Å². The van der Waals surface area contributed by atoms with Crippen LogP contribution in [-0.4, -0.2) is 29.4 Å². The molecule has 23 heavy (non-hydrogen) atoms. The molecule has 1 N–H and O–H groups in total. The molecule has 2 rings (SSSR count). The normalized spacial score (nSPS) is 12.9. The first kappa shape index (κ1) is 16.9. The van der Waals surface area contributed by atoms with Gasteiger partial charge in [0.25, 0.3) is 5.91 Å². The number of nitrogens with one attached hydrogen (secondary N) is 1. The molecule has 0 saturated carbocycles. The Balaban J connectivity index is 2.17. The van der Waals surface area contributed by atoms with Crippen LogP contribution in [0, 0.1) is 0 Å². The summed E-state index contributed by atoms with van der Waals surface area (Å²) in [5.41, 5.74) is 1.31. The van der Waals surface area contributed by atoms with Crippen molar-refractivity contribution < 1.29 is 14.4 Å². The van der Waals surface area contributed by atoms with Crippen LogP contribution in [-0.2, 0) is 16.0 Å². The van der Waals surface area contributed by atoms with Gasteiger partial charge in [-0.25, -0.2) is 0 Å². The number of halogens is 1. The molecule has 0 aliphatic rings. The van der Waals surface area contributed by atoms with Crippen LogP contribution in [0.25, 0.3) is 0 Å². The number of alkyl halides is 1. The number of aldehydes is 1. The first-order chi connectivity index (χ1) is 11.1. The maximum absolute atomic E-state index is 12.3. The van der Waals surface area contributed by atoms with Gasteiger partial charge in [0, 0.05) is 5.56 Å². The van der Waals surface area contributed by atoms with Gasteiger partial charge in [-0.15, -0.1) is 11.6 Å². The van der Waals surface area contributed by atoms with Gasteiger partial charge in [-0.1, -0.05) is 48.5 Å². The minimum atomic E-state index is -1.28. The van der Waals surface area contributed by atoms with Crippen molar-refractivity contribution in [3.8, 4) is 0 Å². The fourth-order valence-corrected chi connectivity index (χ4v) is 2.31. The predicted octanol–water partition coefficient (Wildman–Crippen LogP) is 2.40. The molecule has 1 amide bonds. The van der Waals surface area contributed by atoms with Crippen LogP contribution < -0.4 is 5.32 Å². The molecule has 2 aromatic rings. The number of carbonyl (C=O) groups excluding carboxylic acids is 3. The van der Waals surface area contributed by atoms with Crippen LogP contribution in [0.1, 0.15) is 15.9 Å². The van der Waals surface area contributed by atoms with E-state index in [9.17, 15) is 14.4 Å². The lowest BCUT2D eigenvalue weighted by atomic mass is 10.00. The number of hydrogen-bond acceptors (Lipinski definition) is 3. The van der Waals surface area contributed by atoms with E-state index in [0.717, 1.165) is 5.56 Å². The average molecular weight is 330 g/mol. The van der Waals surface area contributed by atoms with Crippen molar-refractivity contribution in [2.45, 2.75) is 17.8 Å². The van der Waals surface area contributed by atoms with Gasteiger partial charge in [-0.2, -0.15) is 0 Å². The standard InChI is InChI=1S/C18H16ClNO3/c19-15(12-21)17(22)16(11-13-7-3-1-4-8-13)20-18(23)14-9-5-2-6-10-14/h1-10,12,15-16H,11H2,(H,20,23)/t15?,16-/m0/s1. The van der Waals surface area contributed by atoms with E-state index in [0.29, 0.717) is 11.8 Å². The molecule has 0 aliphatic heterocycles. The number of rotatable bonds is 7. The molecule has 0 fully saturated rings. The van der Waals surface area contributed by atoms with Crippen LogP contribution >= 0.6 is 11.6 Å². The Hall–Kier alpha value is -2.46. The predicted molar refractivity (Wildman–Crippen MR) is 88.6 cm³/mol. The van der Waals surface area contributed by atoms with Crippen molar-refractivity contribution in [1.29, 1.82) is 0 Å². The third-order valence-corrected chi connectivity index (χ3v) is 3.68. The summed E-state index contributed by atoms with van der Waals surface area (Å²) in [7, 11) is 0. The molecule has 0 heterocycles. The van der Waals surface area contributed by atoms with E-state index in [1.807, 2.05) is 30.3 Å². The summed E-state index contributed by atoms with van der Waals surface area (Å²) in [4.78, 5) is 35.3. The van der Waals surface area contributed by atoms with E-state index >= 15 is 0 Å². The average Bonchev–Trinajstić information content (AvgIpc) is 2.61. The summed E-state index contributed by atoms with van der Waals surface area (Å²) >= 11 is 5.74. The van der Waals surface area contributed by atoms with E-state index < -0.39 is 17.2 Å². The highest BCUT2D eigenvalue weighted by atomic mass is 35.5. The lowest BCUT2D eigenvalue weighted by Crippen LogP contribution is -2.45. The lowest BCUT2D eigenvalue weighted by Gasteiger charge is -2.18. The Bertz CT molecular complexity index is 673. The molecule has 0 aromatic heterocycles. The van der Waals surface area contributed by atoms with Gasteiger partial charge < -0.3 is 10.1 Å². The molecule has 0 bridgehead atoms. The number of Topliss-reactive ketones (excluding diaryl/α,β-unsaturated/α-hetero) is 1. The molecular weight excluding hydrogens is 314 g/mol. The topological polar surface area (TPSA) is 63.2 Å². The maximum Gasteiger partial charge on any atom is 0.251 e. The highest BCUT2D eigenvalue weighted by Crippen LogP contribution is 2.09. The first-order valence-electron chi connectivity index (χ1n) is 7.14. The molecular formula is C18H16ClNO3. The lowest BCUT2D eigenvalue weighted by molar-refractivity contribution is -0.123. The van der Waals surface area contributed by atoms with Gasteiger partial charge in [-0.05, 0) is 24.1 Å². The zero-order valence-electron chi connectivity index (χ0n) is 12.3. The SMILES string of the molecule is O=CC(Cl)C(=O)[C@H](Cc1ccccc1)NC(=O)c1ccccc1. The third kappa shape index (κ3) is 4.76. The van der Waals surface area contributed by atoms with Gasteiger partial charge in [0.05, 0.1) is 6.04 Å². The molecule has 118 valence electrons. The summed E-state index contributed by atoms with van der Waals surface area (Å²) in [6, 6.07) is 16.9. The Labute approximate surface area is 139 Å². The summed E-state index contributed by atoms with van der Waals surface area (Å²) in [6.45, 7) is 0. The highest BCUT2D eigenvalue weighted by Gasteiger charge is 2.27. The molecule has 0 aliphatic carbocycles. The first-order valence-corrected chi connectivity index (χ1v) is 7.58. The second-order valence-electron chi connectivity index (χ2n) is 5.02. The van der Waals surface area contributed by atoms with E-state index in [1.165, 1.54) is 0 Å². The molecule has 1 unspecified atom stereocenters. The van der Waals surface area contributed by atoms with Crippen LogP contribution in [0.2, 0.25) is 0 Å². The van der Waals surface area contributed by atoms with E-state index in [4.69, 9.17) is 11.6 Å². The van der Waals surface area contributed by atoms with Gasteiger partial charge in [-0.3, -0.25) is 9.59 Å². The quantitative estimate of drug-likeness (QED) is 0.482. The van der Waals surface area contributed by atoms with Crippen molar-refractivity contribution in [2.75, 3.05) is 0 Å². The number of ketones is 1. The minimum Gasteiger partial charge on any atom is -0.342 e. The maximum atomic E-state index is 12.3. The van der Waals surface area contributed by atoms with Crippen LogP contribution in [0.4, 0.5) is 0 Å². The van der Waals surface area contributed by atoms with E-state index in [-0.39, 0.29) is 12.3 Å². The molecule has 2 atom stereocenters. The second-order valence-corrected chi connectivity index (χ2v) is 5.49. The molecule has 2 aromatic carbocycles. The molecule has 4 nitrogen and oxygen atoms in total. The molecule has 0 saturated heterocycles. The summed E-state index contributed by atoms with van der Waals surface area (Å²) in [6.07, 6.45) is 0.645. The van der Waals surface area contributed by atoms with Crippen molar-refractivity contribution in [3.05, 3.63) is 71.8 Å². The largest absolute Gasteiger partial charge is 0.342 e. The van der Waals surface area contributed by atoms with Gasteiger partial charge in [0.1, 0.15) is 11.7 Å². The van der Waals surface area contributed by atoms with E-state index in [2.05, 4.69) is 5.32 Å². The Morgan fingerprint density at radius 2 is 1.57 bits per heavy atom. The third-order valence-electron chi connectivity index (χ3n) is 3.36. The molecule has 0 spiro atoms. The number of amides is 1. The number of benzene rings is 2. The molecule has 5 heteroatoms. The Morgan fingerprint density at radius 3 is 2.13 bits per heavy atom. The van der Waals surface area contributed by atoms with Crippen LogP contribution in [0.15, 0.2) is 60.7 Å². The fourth-order valence-electron chi connectivity index (χ4n) is 2.16. The smallest absolute Gasteiger partial charge is 0.251 e. The van der Waals surface area contributed by atoms with Crippen molar-refractivity contribution >= 4 is 29.6 Å². The monoisotopic (exact) mass is 329 g/mol. The Morgan fingerprint density at radius 1 is 1.00 bits per heavy atom. The van der Waals surface area contributed by atoms with Gasteiger partial charge in [0.15, 0.2) is 5.78 Å². The van der Waals surface area contributed by atoms with Gasteiger partial charge >= 0.3 is 0 Å². The summed E-state index contributed by atoms with van der Waals surface area (Å²) in [5, 5.41) is 1.39. The van der Waals surface area contributed by atoms with Crippen LogP contribution in [0.5, 0.6) is 0 Å². The zero-order chi connectivity index (χ0) is 16.7. The van der Waals surface area contributed by atoms with Crippen molar-refractivity contribution in [3.63, 3.8) is 0 Å². The second kappa shape index (κ2) is 8.25. The minimum absolute atomic E-state index is 0.273. The number of hydrogen-bond donors (Lipinski definition) is 1.